The van der Waals surface area contributed by atoms with Gasteiger partial charge in [0.05, 0.1) is 23.2 Å². The molecule has 0 radical (unpaired) electrons. The zero-order valence-corrected chi connectivity index (χ0v) is 21.0. The second kappa shape index (κ2) is 8.16. The number of hydrogen-bond acceptors (Lipinski definition) is 6. The van der Waals surface area contributed by atoms with Crippen molar-refractivity contribution < 1.29 is 24.5 Å². The standard InChI is InChI=1S/C27H38N2O5/c1-6-33-22(16(4)25(31)28-15(2)3)24-27-11-12-29(14-17-7-8-17)20(26(27,5)32)13-18-9-10-19(30)23(34-24)21(18)27/h9-10,15,17,20,24,30,32H,6-8,11-14H2,1-5H3,(H,28,31)/b22-16-/t20-,24+,26-,27+/m1/s1. The number of carbonyl (C=O) groups excluding carboxylic acids is 1. The quantitative estimate of drug-likeness (QED) is 0.419. The number of hydrogen-bond donors (Lipinski definition) is 3. The molecule has 1 spiro atoms. The van der Waals surface area contributed by atoms with Gasteiger partial charge in [-0.3, -0.25) is 9.69 Å². The lowest BCUT2D eigenvalue weighted by Gasteiger charge is -2.60. The van der Waals surface area contributed by atoms with Gasteiger partial charge in [-0.2, -0.15) is 0 Å². The van der Waals surface area contributed by atoms with Crippen LogP contribution in [0.1, 0.15) is 65.0 Å². The van der Waals surface area contributed by atoms with E-state index in [1.54, 1.807) is 13.0 Å². The molecule has 2 heterocycles. The van der Waals surface area contributed by atoms with Crippen LogP contribution in [0.2, 0.25) is 0 Å². The van der Waals surface area contributed by atoms with Crippen molar-refractivity contribution >= 4 is 5.91 Å². The number of aromatic hydroxyl groups is 1. The molecule has 2 aliphatic heterocycles. The highest BCUT2D eigenvalue weighted by atomic mass is 16.5. The van der Waals surface area contributed by atoms with Gasteiger partial charge in [0.15, 0.2) is 17.6 Å². The van der Waals surface area contributed by atoms with Gasteiger partial charge in [0.25, 0.3) is 5.91 Å². The predicted molar refractivity (Wildman–Crippen MR) is 129 cm³/mol. The summed E-state index contributed by atoms with van der Waals surface area (Å²) in [4.78, 5) is 15.5. The Morgan fingerprint density at radius 3 is 2.74 bits per heavy atom. The average molecular weight is 471 g/mol. The van der Waals surface area contributed by atoms with Gasteiger partial charge in [0, 0.05) is 24.2 Å². The summed E-state index contributed by atoms with van der Waals surface area (Å²) in [5.74, 6) is 1.44. The first-order valence-corrected chi connectivity index (χ1v) is 12.7. The highest BCUT2D eigenvalue weighted by Gasteiger charge is 2.69. The molecule has 0 aromatic heterocycles. The third kappa shape index (κ3) is 3.34. The first-order valence-electron chi connectivity index (χ1n) is 12.7. The molecular formula is C27H38N2O5. The summed E-state index contributed by atoms with van der Waals surface area (Å²) in [7, 11) is 0. The number of ether oxygens (including phenoxy) is 2. The van der Waals surface area contributed by atoms with E-state index < -0.39 is 17.1 Å². The van der Waals surface area contributed by atoms with Gasteiger partial charge >= 0.3 is 0 Å². The number of amides is 1. The SMILES string of the molecule is CCO/C(=C(/C)C(=O)NC(C)C)[C@@H]1Oc2c(O)ccc3c2[C@@]12CCN(CC1CC1)[C@H](C3)[C@@]2(C)O. The van der Waals surface area contributed by atoms with Crippen molar-refractivity contribution in [1.82, 2.24) is 10.2 Å². The largest absolute Gasteiger partial charge is 0.504 e. The maximum Gasteiger partial charge on any atom is 0.250 e. The number of phenols is 1. The number of fused-ring (bicyclic) bond motifs is 1. The molecule has 7 heteroatoms. The van der Waals surface area contributed by atoms with Crippen LogP contribution in [0.4, 0.5) is 0 Å². The van der Waals surface area contributed by atoms with Crippen molar-refractivity contribution in [2.24, 2.45) is 5.92 Å². The van der Waals surface area contributed by atoms with Crippen molar-refractivity contribution in [3.63, 3.8) is 0 Å². The Morgan fingerprint density at radius 2 is 2.09 bits per heavy atom. The topological polar surface area (TPSA) is 91.3 Å². The lowest BCUT2D eigenvalue weighted by Crippen LogP contribution is -2.73. The Morgan fingerprint density at radius 1 is 1.35 bits per heavy atom. The molecule has 1 saturated heterocycles. The van der Waals surface area contributed by atoms with E-state index in [9.17, 15) is 15.0 Å². The summed E-state index contributed by atoms with van der Waals surface area (Å²) in [6, 6.07) is 3.57. The fourth-order valence-corrected chi connectivity index (χ4v) is 6.58. The summed E-state index contributed by atoms with van der Waals surface area (Å²) >= 11 is 0. The van der Waals surface area contributed by atoms with Crippen LogP contribution in [-0.2, 0) is 21.4 Å². The number of carbonyl (C=O) groups is 1. The normalized spacial score (nSPS) is 32.7. The maximum atomic E-state index is 13.0. The van der Waals surface area contributed by atoms with Gasteiger partial charge in [-0.15, -0.1) is 0 Å². The molecule has 4 aliphatic rings. The second-order valence-electron chi connectivity index (χ2n) is 11.0. The minimum absolute atomic E-state index is 0.0198. The minimum Gasteiger partial charge on any atom is -0.504 e. The Labute approximate surface area is 202 Å². The number of nitrogens with one attached hydrogen (secondary N) is 1. The van der Waals surface area contributed by atoms with Crippen LogP contribution in [0.25, 0.3) is 0 Å². The van der Waals surface area contributed by atoms with E-state index in [-0.39, 0.29) is 23.7 Å². The van der Waals surface area contributed by atoms with Crippen LogP contribution in [0.3, 0.4) is 0 Å². The second-order valence-corrected chi connectivity index (χ2v) is 11.0. The van der Waals surface area contributed by atoms with Gasteiger partial charge in [-0.1, -0.05) is 6.07 Å². The molecule has 1 saturated carbocycles. The van der Waals surface area contributed by atoms with Gasteiger partial charge in [-0.05, 0) is 84.4 Å². The van der Waals surface area contributed by atoms with Gasteiger partial charge in [0.1, 0.15) is 5.76 Å². The molecule has 1 aromatic rings. The smallest absolute Gasteiger partial charge is 0.250 e. The Bertz CT molecular complexity index is 1030. The number of benzene rings is 1. The zero-order chi connectivity index (χ0) is 24.4. The average Bonchev–Trinajstić information content (AvgIpc) is 3.51. The molecule has 0 unspecified atom stereocenters. The van der Waals surface area contributed by atoms with E-state index in [2.05, 4.69) is 10.2 Å². The van der Waals surface area contributed by atoms with Crippen LogP contribution < -0.4 is 10.1 Å². The summed E-state index contributed by atoms with van der Waals surface area (Å²) in [6.45, 7) is 11.6. The first kappa shape index (κ1) is 23.5. The van der Waals surface area contributed by atoms with Crippen LogP contribution >= 0.6 is 0 Å². The Hall–Kier alpha value is -2.25. The molecule has 3 N–H and O–H groups in total. The van der Waals surface area contributed by atoms with Gasteiger partial charge in [0.2, 0.25) is 0 Å². The molecule has 1 aromatic carbocycles. The third-order valence-corrected chi connectivity index (χ3v) is 8.41. The molecular weight excluding hydrogens is 432 g/mol. The molecule has 4 atom stereocenters. The van der Waals surface area contributed by atoms with Crippen molar-refractivity contribution in [3.8, 4) is 11.5 Å². The van der Waals surface area contributed by atoms with E-state index in [1.807, 2.05) is 33.8 Å². The van der Waals surface area contributed by atoms with Crippen molar-refractivity contribution in [3.05, 3.63) is 34.6 Å². The molecule has 2 bridgehead atoms. The monoisotopic (exact) mass is 470 g/mol. The summed E-state index contributed by atoms with van der Waals surface area (Å²) < 4.78 is 12.6. The van der Waals surface area contributed by atoms with Gasteiger partial charge in [-0.25, -0.2) is 0 Å². The number of aliphatic hydroxyl groups is 1. The van der Waals surface area contributed by atoms with E-state index >= 15 is 0 Å². The van der Waals surface area contributed by atoms with Gasteiger partial charge < -0.3 is 25.0 Å². The lowest BCUT2D eigenvalue weighted by atomic mass is 9.53. The Kier molecular flexibility index (Phi) is 5.64. The maximum absolute atomic E-state index is 13.0. The molecule has 7 nitrogen and oxygen atoms in total. The number of piperidine rings is 1. The molecule has 2 fully saturated rings. The van der Waals surface area contributed by atoms with Crippen LogP contribution in [0.5, 0.6) is 11.5 Å². The summed E-state index contributed by atoms with van der Waals surface area (Å²) in [5, 5.41) is 26.1. The zero-order valence-electron chi connectivity index (χ0n) is 21.0. The summed E-state index contributed by atoms with van der Waals surface area (Å²) in [6.07, 6.45) is 3.19. The number of likely N-dealkylation sites (tertiary alicyclic amines) is 1. The molecule has 2 aliphatic carbocycles. The number of nitrogens with zero attached hydrogens (tertiary/aromatic N) is 1. The predicted octanol–water partition coefficient (Wildman–Crippen LogP) is 3.02. The molecule has 186 valence electrons. The number of rotatable bonds is 7. The minimum atomic E-state index is -1.13. The van der Waals surface area contributed by atoms with E-state index in [1.165, 1.54) is 12.8 Å². The molecule has 1 amide bonds. The van der Waals surface area contributed by atoms with Crippen molar-refractivity contribution in [2.45, 2.75) is 89.5 Å². The fraction of sp³-hybridized carbons (Fsp3) is 0.667. The Balaban J connectivity index is 1.66. The molecule has 5 rings (SSSR count). The highest BCUT2D eigenvalue weighted by molar-refractivity contribution is 5.93. The van der Waals surface area contributed by atoms with Crippen molar-refractivity contribution in [1.29, 1.82) is 0 Å². The van der Waals surface area contributed by atoms with Crippen LogP contribution in [0, 0.1) is 5.92 Å². The first-order chi connectivity index (χ1) is 16.1. The van der Waals surface area contributed by atoms with Crippen LogP contribution in [-0.4, -0.2) is 64.5 Å². The van der Waals surface area contributed by atoms with Crippen molar-refractivity contribution in [2.75, 3.05) is 19.7 Å². The van der Waals surface area contributed by atoms with Crippen LogP contribution in [0.15, 0.2) is 23.5 Å². The highest BCUT2D eigenvalue weighted by Crippen LogP contribution is 2.63. The number of phenolic OH excluding ortho intramolecular Hbond substituents is 1. The third-order valence-electron chi connectivity index (χ3n) is 8.41. The lowest BCUT2D eigenvalue weighted by molar-refractivity contribution is -0.154. The fourth-order valence-electron chi connectivity index (χ4n) is 6.58. The summed E-state index contributed by atoms with van der Waals surface area (Å²) in [5.41, 5.74) is 0.491. The van der Waals surface area contributed by atoms with E-state index in [0.29, 0.717) is 36.5 Å². The van der Waals surface area contributed by atoms with E-state index in [0.717, 1.165) is 30.1 Å². The molecule has 34 heavy (non-hydrogen) atoms. The van der Waals surface area contributed by atoms with E-state index in [4.69, 9.17) is 9.47 Å².